The van der Waals surface area contributed by atoms with Gasteiger partial charge in [-0.15, -0.1) is 0 Å². The van der Waals surface area contributed by atoms with Gasteiger partial charge in [0.15, 0.2) is 0 Å². The summed E-state index contributed by atoms with van der Waals surface area (Å²) < 4.78 is 13.8. The van der Waals surface area contributed by atoms with Crippen LogP contribution in [0.3, 0.4) is 0 Å². The molecular weight excluding hydrogens is 307 g/mol. The van der Waals surface area contributed by atoms with Crippen LogP contribution in [0.2, 0.25) is 0 Å². The van der Waals surface area contributed by atoms with Crippen molar-refractivity contribution in [1.29, 1.82) is 0 Å². The monoisotopic (exact) mass is 328 g/mol. The molecule has 24 heavy (non-hydrogen) atoms. The smallest absolute Gasteiger partial charge is 0.146 e. The summed E-state index contributed by atoms with van der Waals surface area (Å²) in [4.78, 5) is 10.7. The third-order valence-electron chi connectivity index (χ3n) is 4.21. The van der Waals surface area contributed by atoms with Crippen LogP contribution >= 0.6 is 0 Å². The van der Waals surface area contributed by atoms with Crippen molar-refractivity contribution < 1.29 is 4.39 Å². The van der Waals surface area contributed by atoms with Crippen molar-refractivity contribution in [2.45, 2.75) is 26.8 Å². The molecule has 2 aromatic heterocycles. The van der Waals surface area contributed by atoms with E-state index in [0.29, 0.717) is 18.9 Å². The van der Waals surface area contributed by atoms with Gasteiger partial charge >= 0.3 is 0 Å². The number of aliphatic imine (C=N–C) groups is 1. The Labute approximate surface area is 140 Å². The van der Waals surface area contributed by atoms with Crippen LogP contribution in [0.1, 0.15) is 25.1 Å². The molecule has 0 aliphatic carbocycles. The van der Waals surface area contributed by atoms with E-state index in [-0.39, 0.29) is 5.82 Å². The minimum Gasteiger partial charge on any atom is -0.370 e. The van der Waals surface area contributed by atoms with E-state index in [1.54, 1.807) is 12.3 Å². The quantitative estimate of drug-likeness (QED) is 0.883. The molecule has 0 radical (unpaired) electrons. The molecule has 3 rings (SSSR count). The number of aromatic nitrogens is 3. The second-order valence-electron chi connectivity index (χ2n) is 5.77. The van der Waals surface area contributed by atoms with Crippen molar-refractivity contribution in [3.63, 3.8) is 0 Å². The van der Waals surface area contributed by atoms with Gasteiger partial charge in [0.1, 0.15) is 18.3 Å². The Morgan fingerprint density at radius 3 is 3.00 bits per heavy atom. The van der Waals surface area contributed by atoms with Crippen LogP contribution in [-0.2, 0) is 13.0 Å². The van der Waals surface area contributed by atoms with Crippen molar-refractivity contribution in [1.82, 2.24) is 25.4 Å². The maximum absolute atomic E-state index is 13.8. The van der Waals surface area contributed by atoms with E-state index in [9.17, 15) is 4.39 Å². The Balaban J connectivity index is 1.60. The first-order chi connectivity index (χ1) is 11.6. The van der Waals surface area contributed by atoms with E-state index in [1.165, 1.54) is 6.07 Å². The third-order valence-corrected chi connectivity index (χ3v) is 4.21. The number of aromatic amines is 1. The summed E-state index contributed by atoms with van der Waals surface area (Å²) in [6.07, 6.45) is 6.20. The molecule has 0 saturated heterocycles. The summed E-state index contributed by atoms with van der Waals surface area (Å²) in [6.45, 7) is 5.76. The van der Waals surface area contributed by atoms with Gasteiger partial charge in [0.05, 0.1) is 18.4 Å². The highest BCUT2D eigenvalue weighted by Crippen LogP contribution is 2.19. The van der Waals surface area contributed by atoms with Crippen LogP contribution in [0.25, 0.3) is 0 Å². The molecule has 2 N–H and O–H groups in total. The Kier molecular flexibility index (Phi) is 4.88. The number of hydrogen-bond acceptors (Lipinski definition) is 5. The average molecular weight is 328 g/mol. The molecule has 2 aromatic rings. The van der Waals surface area contributed by atoms with Gasteiger partial charge in [0.25, 0.3) is 0 Å². The molecule has 0 bridgehead atoms. The maximum Gasteiger partial charge on any atom is 0.146 e. The van der Waals surface area contributed by atoms with Crippen molar-refractivity contribution >= 4 is 5.84 Å². The maximum atomic E-state index is 13.8. The summed E-state index contributed by atoms with van der Waals surface area (Å²) in [7, 11) is 0. The first-order valence-corrected chi connectivity index (χ1v) is 7.93. The average Bonchev–Trinajstić information content (AvgIpc) is 3.09. The van der Waals surface area contributed by atoms with E-state index in [1.807, 2.05) is 31.1 Å². The van der Waals surface area contributed by atoms with Gasteiger partial charge in [-0.25, -0.2) is 9.38 Å². The molecule has 7 heteroatoms. The summed E-state index contributed by atoms with van der Waals surface area (Å²) in [6, 6.07) is 3.04. The first kappa shape index (κ1) is 16.2. The molecule has 3 heterocycles. The molecule has 0 aromatic carbocycles. The fourth-order valence-corrected chi connectivity index (χ4v) is 2.60. The Bertz CT molecular complexity index is 750. The van der Waals surface area contributed by atoms with E-state index in [0.717, 1.165) is 35.6 Å². The molecule has 0 unspecified atom stereocenters. The number of halogens is 1. The summed E-state index contributed by atoms with van der Waals surface area (Å²) in [5.41, 5.74) is 3.76. The van der Waals surface area contributed by atoms with Crippen LogP contribution in [0.5, 0.6) is 0 Å². The number of nitrogens with zero attached hydrogens (tertiary/aromatic N) is 4. The molecule has 0 atom stereocenters. The van der Waals surface area contributed by atoms with Crippen LogP contribution < -0.4 is 5.32 Å². The fourth-order valence-electron chi connectivity index (χ4n) is 2.60. The predicted octanol–water partition coefficient (Wildman–Crippen LogP) is 2.24. The molecule has 1 aliphatic heterocycles. The fraction of sp³-hybridized carbons (Fsp3) is 0.353. The number of rotatable bonds is 5. The highest BCUT2D eigenvalue weighted by Gasteiger charge is 2.18. The normalized spacial score (nSPS) is 14.8. The number of H-pyrrole nitrogens is 1. The van der Waals surface area contributed by atoms with Crippen LogP contribution in [-0.4, -0.2) is 39.1 Å². The lowest BCUT2D eigenvalue weighted by atomic mass is 10.1. The minimum absolute atomic E-state index is 0.282. The zero-order valence-corrected chi connectivity index (χ0v) is 13.9. The molecular formula is C17H21FN6. The van der Waals surface area contributed by atoms with E-state index >= 15 is 0 Å². The third kappa shape index (κ3) is 3.61. The zero-order valence-electron chi connectivity index (χ0n) is 13.9. The lowest BCUT2D eigenvalue weighted by Crippen LogP contribution is -2.36. The summed E-state index contributed by atoms with van der Waals surface area (Å²) in [5.74, 6) is 0.615. The van der Waals surface area contributed by atoms with Gasteiger partial charge in [-0.2, -0.15) is 5.10 Å². The van der Waals surface area contributed by atoms with Crippen molar-refractivity contribution in [2.24, 2.45) is 4.99 Å². The number of nitrogens with one attached hydrogen (secondary N) is 2. The van der Waals surface area contributed by atoms with Gasteiger partial charge in [0.2, 0.25) is 0 Å². The topological polar surface area (TPSA) is 69.2 Å². The zero-order chi connectivity index (χ0) is 16.9. The van der Waals surface area contributed by atoms with Gasteiger partial charge in [-0.1, -0.05) is 0 Å². The highest BCUT2D eigenvalue weighted by molar-refractivity contribution is 5.98. The van der Waals surface area contributed by atoms with Crippen molar-refractivity contribution in [3.05, 3.63) is 59.1 Å². The predicted molar refractivity (Wildman–Crippen MR) is 90.7 cm³/mol. The van der Waals surface area contributed by atoms with Crippen LogP contribution in [0.15, 0.2) is 47.0 Å². The molecule has 0 amide bonds. The van der Waals surface area contributed by atoms with Crippen LogP contribution in [0.4, 0.5) is 4.39 Å². The lowest BCUT2D eigenvalue weighted by molar-refractivity contribution is 0.329. The largest absolute Gasteiger partial charge is 0.370 e. The summed E-state index contributed by atoms with van der Waals surface area (Å²) >= 11 is 0. The lowest BCUT2D eigenvalue weighted by Gasteiger charge is -2.30. The van der Waals surface area contributed by atoms with Gasteiger partial charge in [-0.05, 0) is 38.0 Å². The molecule has 6 nitrogen and oxygen atoms in total. The van der Waals surface area contributed by atoms with Gasteiger partial charge in [-0.3, -0.25) is 10.1 Å². The number of hydrogen-bond donors (Lipinski definition) is 2. The molecule has 0 saturated carbocycles. The Morgan fingerprint density at radius 2 is 2.25 bits per heavy atom. The van der Waals surface area contributed by atoms with Gasteiger partial charge < -0.3 is 10.2 Å². The van der Waals surface area contributed by atoms with Crippen molar-refractivity contribution in [3.8, 4) is 0 Å². The second kappa shape index (κ2) is 7.25. The highest BCUT2D eigenvalue weighted by atomic mass is 19.1. The summed E-state index contributed by atoms with van der Waals surface area (Å²) in [5, 5.41) is 10.1. The molecule has 0 fully saturated rings. The van der Waals surface area contributed by atoms with Crippen LogP contribution in [0, 0.1) is 5.82 Å². The Hall–Kier alpha value is -2.70. The number of pyridine rings is 1. The van der Waals surface area contributed by atoms with Gasteiger partial charge in [0, 0.05) is 30.2 Å². The van der Waals surface area contributed by atoms with Crippen molar-refractivity contribution in [2.75, 3.05) is 13.2 Å². The Morgan fingerprint density at radius 1 is 1.38 bits per heavy atom. The van der Waals surface area contributed by atoms with E-state index in [4.69, 9.17) is 0 Å². The molecule has 1 aliphatic rings. The van der Waals surface area contributed by atoms with E-state index < -0.39 is 0 Å². The van der Waals surface area contributed by atoms with E-state index in [2.05, 4.69) is 25.5 Å². The first-order valence-electron chi connectivity index (χ1n) is 7.93. The molecule has 126 valence electrons. The molecule has 0 spiro atoms. The second-order valence-corrected chi connectivity index (χ2v) is 5.77. The number of allylic oxidation sites excluding steroid dienone is 1. The SMILES string of the molecule is CC1=C(C)N(Cc2ncccc2F)CN=C1NCCc1cn[nH]c1. The number of amidine groups is 1. The standard InChI is InChI=1S/C17H21FN6/c1-12-13(2)24(10-16-15(18)4-3-6-19-16)11-21-17(12)20-7-5-14-8-22-23-9-14/h3-4,6,8-9H,5,7,10-11H2,1-2H3,(H,20,21)(H,22,23). The minimum atomic E-state index is -0.282.